The second-order valence-corrected chi connectivity index (χ2v) is 9.16. The molecule has 31 heavy (non-hydrogen) atoms. The molecule has 0 aliphatic carbocycles. The lowest BCUT2D eigenvalue weighted by atomic mass is 10.2. The van der Waals surface area contributed by atoms with Crippen molar-refractivity contribution in [2.75, 3.05) is 32.1 Å². The Morgan fingerprint density at radius 3 is 2.52 bits per heavy atom. The third-order valence-corrected chi connectivity index (χ3v) is 7.08. The third kappa shape index (κ3) is 5.05. The Hall–Kier alpha value is -2.92. The summed E-state index contributed by atoms with van der Waals surface area (Å²) >= 11 is 0. The summed E-state index contributed by atoms with van der Waals surface area (Å²) in [7, 11) is -0.575. The molecule has 10 nitrogen and oxygen atoms in total. The number of carbonyl (C=O) groups excluding carboxylic acids is 2. The number of anilines is 1. The van der Waals surface area contributed by atoms with Gasteiger partial charge in [-0.05, 0) is 38.0 Å². The van der Waals surface area contributed by atoms with E-state index in [0.717, 1.165) is 19.3 Å². The predicted octanol–water partition coefficient (Wildman–Crippen LogP) is 1.71. The summed E-state index contributed by atoms with van der Waals surface area (Å²) in [6.07, 6.45) is 4.02. The summed E-state index contributed by atoms with van der Waals surface area (Å²) in [6.45, 7) is 2.11. The number of ether oxygens (including phenoxy) is 2. The number of sulfonamides is 1. The number of benzene rings is 1. The molecule has 1 aromatic carbocycles. The molecule has 1 saturated heterocycles. The number of piperidine rings is 1. The van der Waals surface area contributed by atoms with Crippen molar-refractivity contribution in [2.45, 2.75) is 31.1 Å². The number of nitrogens with zero attached hydrogens (tertiary/aromatic N) is 3. The zero-order valence-electron chi connectivity index (χ0n) is 17.8. The average Bonchev–Trinajstić information content (AvgIpc) is 3.11. The highest BCUT2D eigenvalue weighted by atomic mass is 32.2. The van der Waals surface area contributed by atoms with Gasteiger partial charge in [0.25, 0.3) is 5.91 Å². The minimum atomic E-state index is -3.68. The van der Waals surface area contributed by atoms with Crippen LogP contribution in [-0.4, -0.2) is 61.2 Å². The highest BCUT2D eigenvalue weighted by molar-refractivity contribution is 7.89. The Morgan fingerprint density at radius 1 is 1.19 bits per heavy atom. The van der Waals surface area contributed by atoms with Crippen LogP contribution in [0.15, 0.2) is 29.3 Å². The van der Waals surface area contributed by atoms with Crippen LogP contribution in [-0.2, 0) is 26.6 Å². The lowest BCUT2D eigenvalue weighted by Gasteiger charge is -2.26. The van der Waals surface area contributed by atoms with E-state index in [1.165, 1.54) is 40.5 Å². The Labute approximate surface area is 181 Å². The molecule has 1 aliphatic rings. The largest absolute Gasteiger partial charge is 0.495 e. The fraction of sp³-hybridized carbons (Fsp3) is 0.450. The van der Waals surface area contributed by atoms with Gasteiger partial charge in [0.2, 0.25) is 10.0 Å². The van der Waals surface area contributed by atoms with Crippen LogP contribution in [0.5, 0.6) is 5.75 Å². The van der Waals surface area contributed by atoms with Crippen LogP contribution in [0, 0.1) is 6.92 Å². The normalized spacial score (nSPS) is 14.8. The van der Waals surface area contributed by atoms with Gasteiger partial charge in [0.05, 0.1) is 23.9 Å². The molecule has 168 valence electrons. The van der Waals surface area contributed by atoms with Gasteiger partial charge in [0.1, 0.15) is 11.3 Å². The van der Waals surface area contributed by atoms with Crippen molar-refractivity contribution >= 4 is 27.6 Å². The lowest BCUT2D eigenvalue weighted by molar-refractivity contribution is -0.119. The molecule has 1 fully saturated rings. The molecular formula is C20H26N4O6S. The van der Waals surface area contributed by atoms with Crippen molar-refractivity contribution in [3.8, 4) is 5.75 Å². The van der Waals surface area contributed by atoms with Crippen LogP contribution in [0.1, 0.15) is 35.3 Å². The minimum absolute atomic E-state index is 0.0634. The van der Waals surface area contributed by atoms with Gasteiger partial charge in [-0.3, -0.25) is 9.48 Å². The number of aromatic nitrogens is 2. The molecule has 0 unspecified atom stereocenters. The monoisotopic (exact) mass is 450 g/mol. The molecule has 2 heterocycles. The number of hydrogen-bond acceptors (Lipinski definition) is 7. The summed E-state index contributed by atoms with van der Waals surface area (Å²) in [6, 6.07) is 4.29. The fourth-order valence-electron chi connectivity index (χ4n) is 3.29. The maximum Gasteiger partial charge on any atom is 0.342 e. The SMILES string of the molecule is COc1ccc(S(=O)(=O)N2CCCCC2)cc1NC(=O)COC(=O)c1cnn(C)c1C. The van der Waals surface area contributed by atoms with E-state index in [0.29, 0.717) is 24.5 Å². The van der Waals surface area contributed by atoms with E-state index in [1.54, 1.807) is 14.0 Å². The minimum Gasteiger partial charge on any atom is -0.495 e. The van der Waals surface area contributed by atoms with Gasteiger partial charge in [-0.1, -0.05) is 6.42 Å². The molecule has 1 N–H and O–H groups in total. The molecule has 11 heteroatoms. The topological polar surface area (TPSA) is 120 Å². The molecular weight excluding hydrogens is 424 g/mol. The van der Waals surface area contributed by atoms with Crippen LogP contribution in [0.25, 0.3) is 0 Å². The van der Waals surface area contributed by atoms with Crippen LogP contribution in [0.3, 0.4) is 0 Å². The van der Waals surface area contributed by atoms with E-state index in [9.17, 15) is 18.0 Å². The summed E-state index contributed by atoms with van der Waals surface area (Å²) in [5, 5.41) is 6.52. The van der Waals surface area contributed by atoms with Crippen molar-refractivity contribution in [2.24, 2.45) is 7.05 Å². The lowest BCUT2D eigenvalue weighted by Crippen LogP contribution is -2.35. The zero-order chi connectivity index (χ0) is 22.6. The second kappa shape index (κ2) is 9.48. The standard InChI is InChI=1S/C20H26N4O6S/c1-14-16(12-21-23(14)2)20(26)30-13-19(25)22-17-11-15(7-8-18(17)29-3)31(27,28)24-9-5-4-6-10-24/h7-8,11-12H,4-6,9-10,13H2,1-3H3,(H,22,25). The van der Waals surface area contributed by atoms with E-state index < -0.39 is 28.5 Å². The smallest absolute Gasteiger partial charge is 0.342 e. The van der Waals surface area contributed by atoms with E-state index in [-0.39, 0.29) is 16.1 Å². The van der Waals surface area contributed by atoms with E-state index in [4.69, 9.17) is 9.47 Å². The quantitative estimate of drug-likeness (QED) is 0.638. The number of rotatable bonds is 7. The summed E-state index contributed by atoms with van der Waals surface area (Å²) in [5.74, 6) is -1.00. The molecule has 2 aromatic rings. The number of amides is 1. The molecule has 0 atom stereocenters. The van der Waals surface area contributed by atoms with Gasteiger partial charge in [0, 0.05) is 25.8 Å². The van der Waals surface area contributed by atoms with Crippen molar-refractivity contribution in [3.63, 3.8) is 0 Å². The third-order valence-electron chi connectivity index (χ3n) is 5.19. The van der Waals surface area contributed by atoms with E-state index >= 15 is 0 Å². The zero-order valence-corrected chi connectivity index (χ0v) is 18.6. The van der Waals surface area contributed by atoms with Crippen LogP contribution >= 0.6 is 0 Å². The Balaban J connectivity index is 1.71. The number of esters is 1. The highest BCUT2D eigenvalue weighted by Gasteiger charge is 2.27. The van der Waals surface area contributed by atoms with Gasteiger partial charge in [-0.15, -0.1) is 0 Å². The number of hydrogen-bond donors (Lipinski definition) is 1. The maximum atomic E-state index is 12.9. The Bertz CT molecular complexity index is 1070. The average molecular weight is 451 g/mol. The van der Waals surface area contributed by atoms with Crippen molar-refractivity contribution in [1.29, 1.82) is 0 Å². The molecule has 0 spiro atoms. The molecule has 3 rings (SSSR count). The first-order chi connectivity index (χ1) is 14.7. The van der Waals surface area contributed by atoms with Gasteiger partial charge in [-0.25, -0.2) is 13.2 Å². The van der Waals surface area contributed by atoms with E-state index in [2.05, 4.69) is 10.4 Å². The van der Waals surface area contributed by atoms with Crippen molar-refractivity contribution in [3.05, 3.63) is 35.7 Å². The predicted molar refractivity (Wildman–Crippen MR) is 112 cm³/mol. The van der Waals surface area contributed by atoms with E-state index in [1.807, 2.05) is 0 Å². The van der Waals surface area contributed by atoms with Gasteiger partial charge < -0.3 is 14.8 Å². The molecule has 0 bridgehead atoms. The fourth-order valence-corrected chi connectivity index (χ4v) is 4.84. The van der Waals surface area contributed by atoms with Gasteiger partial charge >= 0.3 is 5.97 Å². The van der Waals surface area contributed by atoms with Crippen LogP contribution in [0.4, 0.5) is 5.69 Å². The molecule has 1 aromatic heterocycles. The van der Waals surface area contributed by atoms with Crippen LogP contribution < -0.4 is 10.1 Å². The molecule has 0 saturated carbocycles. The maximum absolute atomic E-state index is 12.9. The van der Waals surface area contributed by atoms with Gasteiger partial charge in [0.15, 0.2) is 6.61 Å². The molecule has 1 aliphatic heterocycles. The van der Waals surface area contributed by atoms with Crippen molar-refractivity contribution in [1.82, 2.24) is 14.1 Å². The summed E-state index contributed by atoms with van der Waals surface area (Å²) < 4.78 is 39.1. The first-order valence-electron chi connectivity index (χ1n) is 9.88. The van der Waals surface area contributed by atoms with Crippen molar-refractivity contribution < 1.29 is 27.5 Å². The van der Waals surface area contributed by atoms with Gasteiger partial charge in [-0.2, -0.15) is 9.40 Å². The number of nitrogens with one attached hydrogen (secondary N) is 1. The number of aryl methyl sites for hydroxylation is 1. The first-order valence-corrected chi connectivity index (χ1v) is 11.3. The second-order valence-electron chi connectivity index (χ2n) is 7.22. The Kier molecular flexibility index (Phi) is 6.96. The summed E-state index contributed by atoms with van der Waals surface area (Å²) in [5.41, 5.74) is 1.06. The number of methoxy groups -OCH3 is 1. The highest BCUT2D eigenvalue weighted by Crippen LogP contribution is 2.30. The summed E-state index contributed by atoms with van der Waals surface area (Å²) in [4.78, 5) is 24.6. The first kappa shape index (κ1) is 22.8. The Morgan fingerprint density at radius 2 is 1.90 bits per heavy atom. The molecule has 0 radical (unpaired) electrons. The number of carbonyl (C=O) groups is 2. The molecule has 1 amide bonds. The van der Waals surface area contributed by atoms with Crippen LogP contribution in [0.2, 0.25) is 0 Å².